The lowest BCUT2D eigenvalue weighted by Crippen LogP contribution is -2.34. The van der Waals surface area contributed by atoms with Crippen LogP contribution in [-0.4, -0.2) is 29.6 Å². The number of nitrogens with two attached hydrogens (primary N) is 1. The Kier molecular flexibility index (Phi) is 2.55. The lowest BCUT2D eigenvalue weighted by atomic mass is 10.0. The summed E-state index contributed by atoms with van der Waals surface area (Å²) in [4.78, 5) is 2.54. The largest absolute Gasteiger partial charge is 0.330 e. The summed E-state index contributed by atoms with van der Waals surface area (Å²) in [5.74, 6) is 0. The van der Waals surface area contributed by atoms with Crippen LogP contribution < -0.4 is 5.73 Å². The molecule has 0 amide bonds. The molecule has 2 N–H and O–H groups in total. The Morgan fingerprint density at radius 2 is 2.18 bits per heavy atom. The summed E-state index contributed by atoms with van der Waals surface area (Å²) in [5.41, 5.74) is 5.88. The second kappa shape index (κ2) is 3.11. The van der Waals surface area contributed by atoms with Crippen molar-refractivity contribution in [1.29, 1.82) is 0 Å². The van der Waals surface area contributed by atoms with Crippen molar-refractivity contribution in [2.75, 3.05) is 13.1 Å². The summed E-state index contributed by atoms with van der Waals surface area (Å²) in [6.07, 6.45) is 2.40. The van der Waals surface area contributed by atoms with Crippen LogP contribution in [-0.2, 0) is 0 Å². The van der Waals surface area contributed by atoms with Crippen LogP contribution in [0.15, 0.2) is 0 Å². The fourth-order valence-electron chi connectivity index (χ4n) is 1.77. The van der Waals surface area contributed by atoms with Crippen molar-refractivity contribution in [3.05, 3.63) is 0 Å². The van der Waals surface area contributed by atoms with Crippen LogP contribution in [0.1, 0.15) is 33.6 Å². The fraction of sp³-hybridized carbons (Fsp3) is 1.00. The van der Waals surface area contributed by atoms with Crippen molar-refractivity contribution in [3.8, 4) is 0 Å². The van der Waals surface area contributed by atoms with E-state index in [4.69, 9.17) is 5.73 Å². The molecule has 2 nitrogen and oxygen atoms in total. The number of nitrogens with zero attached hydrogens (tertiary/aromatic N) is 1. The summed E-state index contributed by atoms with van der Waals surface area (Å²) in [5, 5.41) is 0. The molecule has 0 aromatic heterocycles. The summed E-state index contributed by atoms with van der Waals surface area (Å²) < 4.78 is 0. The van der Waals surface area contributed by atoms with Gasteiger partial charge in [-0.15, -0.1) is 0 Å². The maximum atomic E-state index is 5.54. The van der Waals surface area contributed by atoms with E-state index in [0.717, 1.165) is 19.0 Å². The van der Waals surface area contributed by atoms with Crippen LogP contribution in [0.3, 0.4) is 0 Å². The van der Waals surface area contributed by atoms with Gasteiger partial charge in [0.1, 0.15) is 0 Å². The van der Waals surface area contributed by atoms with E-state index in [9.17, 15) is 0 Å². The molecule has 1 aliphatic heterocycles. The summed E-state index contributed by atoms with van der Waals surface area (Å²) in [6.45, 7) is 8.91. The molecule has 2 unspecified atom stereocenters. The van der Waals surface area contributed by atoms with E-state index >= 15 is 0 Å². The quantitative estimate of drug-likeness (QED) is 0.620. The first kappa shape index (κ1) is 9.01. The number of hydrogen-bond acceptors (Lipinski definition) is 2. The summed E-state index contributed by atoms with van der Waals surface area (Å²) in [7, 11) is 0. The molecule has 0 aliphatic carbocycles. The van der Waals surface area contributed by atoms with Crippen molar-refractivity contribution in [2.45, 2.75) is 45.2 Å². The van der Waals surface area contributed by atoms with E-state index in [1.807, 2.05) is 0 Å². The molecule has 2 heteroatoms. The van der Waals surface area contributed by atoms with Crippen LogP contribution in [0.25, 0.3) is 0 Å². The van der Waals surface area contributed by atoms with Crippen LogP contribution in [0.2, 0.25) is 0 Å². The van der Waals surface area contributed by atoms with E-state index in [-0.39, 0.29) is 0 Å². The van der Waals surface area contributed by atoms with Gasteiger partial charge in [-0.1, -0.05) is 6.92 Å². The zero-order valence-electron chi connectivity index (χ0n) is 7.93. The van der Waals surface area contributed by atoms with Crippen LogP contribution in [0, 0.1) is 0 Å². The molecule has 0 radical (unpaired) electrons. The molecule has 0 aromatic rings. The Morgan fingerprint density at radius 1 is 1.55 bits per heavy atom. The van der Waals surface area contributed by atoms with Crippen LogP contribution in [0.4, 0.5) is 0 Å². The first-order valence-corrected chi connectivity index (χ1v) is 4.58. The molecule has 11 heavy (non-hydrogen) atoms. The predicted molar refractivity (Wildman–Crippen MR) is 48.5 cm³/mol. The van der Waals surface area contributed by atoms with Crippen LogP contribution >= 0.6 is 0 Å². The molecule has 0 aromatic carbocycles. The predicted octanol–water partition coefficient (Wildman–Crippen LogP) is 1.21. The molecule has 0 spiro atoms. The Bertz CT molecular complexity index is 132. The van der Waals surface area contributed by atoms with E-state index in [1.165, 1.54) is 13.0 Å². The monoisotopic (exact) mass is 156 g/mol. The highest BCUT2D eigenvalue weighted by Gasteiger charge is 2.42. The molecule has 1 heterocycles. The second-order valence-corrected chi connectivity index (χ2v) is 4.07. The summed E-state index contributed by atoms with van der Waals surface area (Å²) >= 11 is 0. The highest BCUT2D eigenvalue weighted by molar-refractivity contribution is 4.98. The number of rotatable bonds is 4. The van der Waals surface area contributed by atoms with Crippen molar-refractivity contribution in [1.82, 2.24) is 4.90 Å². The lowest BCUT2D eigenvalue weighted by Gasteiger charge is -2.26. The van der Waals surface area contributed by atoms with Gasteiger partial charge in [0, 0.05) is 18.1 Å². The third kappa shape index (κ3) is 1.94. The third-order valence-electron chi connectivity index (χ3n) is 2.72. The smallest absolute Gasteiger partial charge is 0.0226 e. The second-order valence-electron chi connectivity index (χ2n) is 4.07. The van der Waals surface area contributed by atoms with Crippen molar-refractivity contribution >= 4 is 0 Å². The van der Waals surface area contributed by atoms with Gasteiger partial charge in [-0.3, -0.25) is 4.90 Å². The Labute approximate surface area is 69.8 Å². The third-order valence-corrected chi connectivity index (χ3v) is 2.72. The molecule has 1 saturated heterocycles. The van der Waals surface area contributed by atoms with Gasteiger partial charge < -0.3 is 5.73 Å². The molecule has 1 rings (SSSR count). The summed E-state index contributed by atoms with van der Waals surface area (Å²) in [6, 6.07) is 0.844. The highest BCUT2D eigenvalue weighted by Crippen LogP contribution is 2.32. The molecule has 1 fully saturated rings. The Morgan fingerprint density at radius 3 is 2.55 bits per heavy atom. The van der Waals surface area contributed by atoms with E-state index in [2.05, 4.69) is 25.7 Å². The minimum Gasteiger partial charge on any atom is -0.330 e. The zero-order valence-corrected chi connectivity index (χ0v) is 7.93. The van der Waals surface area contributed by atoms with Crippen molar-refractivity contribution in [2.24, 2.45) is 5.73 Å². The molecular formula is C9H20N2. The maximum Gasteiger partial charge on any atom is 0.0226 e. The molecule has 1 aliphatic rings. The van der Waals surface area contributed by atoms with Gasteiger partial charge in [0.25, 0.3) is 0 Å². The fourth-order valence-corrected chi connectivity index (χ4v) is 1.77. The van der Waals surface area contributed by atoms with Gasteiger partial charge >= 0.3 is 0 Å². The molecule has 2 atom stereocenters. The Hall–Kier alpha value is -0.0800. The van der Waals surface area contributed by atoms with Gasteiger partial charge in [-0.05, 0) is 33.2 Å². The highest BCUT2D eigenvalue weighted by atomic mass is 15.3. The van der Waals surface area contributed by atoms with E-state index in [0.29, 0.717) is 5.54 Å². The molecule has 66 valence electrons. The SMILES string of the molecule is CCC1CN1C(C)(C)CCN. The maximum absolute atomic E-state index is 5.54. The van der Waals surface area contributed by atoms with Gasteiger partial charge in [-0.2, -0.15) is 0 Å². The van der Waals surface area contributed by atoms with Gasteiger partial charge in [-0.25, -0.2) is 0 Å². The minimum absolute atomic E-state index is 0.343. The van der Waals surface area contributed by atoms with E-state index < -0.39 is 0 Å². The molecule has 0 saturated carbocycles. The number of hydrogen-bond donors (Lipinski definition) is 1. The topological polar surface area (TPSA) is 29.0 Å². The average molecular weight is 156 g/mol. The minimum atomic E-state index is 0.343. The zero-order chi connectivity index (χ0) is 8.48. The van der Waals surface area contributed by atoms with Crippen molar-refractivity contribution in [3.63, 3.8) is 0 Å². The standard InChI is InChI=1S/C9H20N2/c1-4-8-7-11(8)9(2,3)5-6-10/h8H,4-7,10H2,1-3H3. The lowest BCUT2D eigenvalue weighted by molar-refractivity contribution is 0.243. The normalized spacial score (nSPS) is 30.5. The van der Waals surface area contributed by atoms with Gasteiger partial charge in [0.15, 0.2) is 0 Å². The average Bonchev–Trinajstić information content (AvgIpc) is 2.65. The van der Waals surface area contributed by atoms with Gasteiger partial charge in [0.05, 0.1) is 0 Å². The van der Waals surface area contributed by atoms with Crippen molar-refractivity contribution < 1.29 is 0 Å². The van der Waals surface area contributed by atoms with E-state index in [1.54, 1.807) is 0 Å². The molecular weight excluding hydrogens is 136 g/mol. The Balaban J connectivity index is 2.35. The van der Waals surface area contributed by atoms with Gasteiger partial charge in [0.2, 0.25) is 0 Å². The van der Waals surface area contributed by atoms with Crippen LogP contribution in [0.5, 0.6) is 0 Å². The molecule has 0 bridgehead atoms. The first-order valence-electron chi connectivity index (χ1n) is 4.58. The first-order chi connectivity index (χ1) is 5.11.